The second-order valence-electron chi connectivity index (χ2n) is 7.03. The first-order valence-electron chi connectivity index (χ1n) is 9.88. The Kier molecular flexibility index (Phi) is 6.41. The fourth-order valence-corrected chi connectivity index (χ4v) is 4.41. The van der Waals surface area contributed by atoms with Gasteiger partial charge in [-0.3, -0.25) is 9.69 Å². The van der Waals surface area contributed by atoms with Gasteiger partial charge in [-0.25, -0.2) is 4.98 Å². The molecule has 0 aliphatic carbocycles. The average molecular weight is 402 g/mol. The van der Waals surface area contributed by atoms with Gasteiger partial charge in [-0.2, -0.15) is 0 Å². The largest absolute Gasteiger partial charge is 0.379 e. The highest BCUT2D eigenvalue weighted by molar-refractivity contribution is 7.13. The van der Waals surface area contributed by atoms with Crippen molar-refractivity contribution in [3.63, 3.8) is 0 Å². The number of thiazole rings is 1. The van der Waals surface area contributed by atoms with E-state index >= 15 is 0 Å². The zero-order valence-electron chi connectivity index (χ0n) is 16.0. The third kappa shape index (κ3) is 4.81. The van der Waals surface area contributed by atoms with Crippen molar-refractivity contribution in [2.45, 2.75) is 0 Å². The van der Waals surface area contributed by atoms with Crippen molar-refractivity contribution < 1.29 is 9.53 Å². The SMILES string of the molecule is O=C(NCCN1CCOCC1)c1csc(N2CCN(c3ccccc3)CC2)n1. The molecule has 2 fully saturated rings. The Bertz CT molecular complexity index is 755. The summed E-state index contributed by atoms with van der Waals surface area (Å²) in [5.74, 6) is -0.0846. The maximum Gasteiger partial charge on any atom is 0.270 e. The molecule has 7 nitrogen and oxygen atoms in total. The van der Waals surface area contributed by atoms with Crippen LogP contribution in [0.1, 0.15) is 10.5 Å². The number of piperazine rings is 1. The maximum absolute atomic E-state index is 12.4. The summed E-state index contributed by atoms with van der Waals surface area (Å²) in [4.78, 5) is 23.9. The number of hydrogen-bond donors (Lipinski definition) is 1. The molecule has 2 aliphatic rings. The van der Waals surface area contributed by atoms with Crippen LogP contribution in [-0.2, 0) is 4.74 Å². The molecule has 1 aromatic heterocycles. The molecule has 0 saturated carbocycles. The van der Waals surface area contributed by atoms with Crippen molar-refractivity contribution in [3.05, 3.63) is 41.4 Å². The number of rotatable bonds is 6. The lowest BCUT2D eigenvalue weighted by molar-refractivity contribution is 0.0383. The molecule has 3 heterocycles. The molecular formula is C20H27N5O2S. The lowest BCUT2D eigenvalue weighted by Gasteiger charge is -2.35. The van der Waals surface area contributed by atoms with E-state index in [0.717, 1.165) is 64.2 Å². The topological polar surface area (TPSA) is 60.9 Å². The molecule has 0 spiro atoms. The molecule has 150 valence electrons. The molecule has 0 atom stereocenters. The van der Waals surface area contributed by atoms with E-state index in [1.165, 1.54) is 5.69 Å². The second-order valence-corrected chi connectivity index (χ2v) is 7.87. The first-order chi connectivity index (χ1) is 13.8. The van der Waals surface area contributed by atoms with Crippen molar-refractivity contribution in [3.8, 4) is 0 Å². The van der Waals surface area contributed by atoms with E-state index in [1.807, 2.05) is 11.4 Å². The molecule has 0 radical (unpaired) electrons. The van der Waals surface area contributed by atoms with Crippen LogP contribution in [0.5, 0.6) is 0 Å². The first-order valence-corrected chi connectivity index (χ1v) is 10.8. The monoisotopic (exact) mass is 401 g/mol. The Labute approximate surface area is 169 Å². The van der Waals surface area contributed by atoms with Gasteiger partial charge in [0, 0.05) is 63.4 Å². The van der Waals surface area contributed by atoms with Crippen LogP contribution in [0, 0.1) is 0 Å². The van der Waals surface area contributed by atoms with Gasteiger partial charge in [0.1, 0.15) is 5.69 Å². The Morgan fingerprint density at radius 2 is 1.75 bits per heavy atom. The molecule has 2 aliphatic heterocycles. The van der Waals surface area contributed by atoms with Crippen LogP contribution < -0.4 is 15.1 Å². The number of benzene rings is 1. The van der Waals surface area contributed by atoms with Gasteiger partial charge >= 0.3 is 0 Å². The second kappa shape index (κ2) is 9.36. The van der Waals surface area contributed by atoms with Crippen LogP contribution in [-0.4, -0.2) is 81.4 Å². The number of anilines is 2. The van der Waals surface area contributed by atoms with E-state index in [4.69, 9.17) is 4.74 Å². The summed E-state index contributed by atoms with van der Waals surface area (Å²) in [6.07, 6.45) is 0. The molecular weight excluding hydrogens is 374 g/mol. The molecule has 0 unspecified atom stereocenters. The fraction of sp³-hybridized carbons (Fsp3) is 0.500. The lowest BCUT2D eigenvalue weighted by atomic mass is 10.2. The Hall–Kier alpha value is -2.16. The molecule has 8 heteroatoms. The molecule has 2 saturated heterocycles. The zero-order valence-corrected chi connectivity index (χ0v) is 16.9. The third-order valence-corrected chi connectivity index (χ3v) is 6.11. The van der Waals surface area contributed by atoms with Crippen LogP contribution in [0.4, 0.5) is 10.8 Å². The molecule has 1 aromatic carbocycles. The van der Waals surface area contributed by atoms with Gasteiger partial charge in [0.2, 0.25) is 0 Å². The van der Waals surface area contributed by atoms with Crippen molar-refractivity contribution in [2.75, 3.05) is 75.4 Å². The normalized spacial score (nSPS) is 18.3. The Morgan fingerprint density at radius 1 is 1.04 bits per heavy atom. The summed E-state index contributed by atoms with van der Waals surface area (Å²) >= 11 is 1.55. The number of morpholine rings is 1. The lowest BCUT2D eigenvalue weighted by Crippen LogP contribution is -2.46. The van der Waals surface area contributed by atoms with E-state index < -0.39 is 0 Å². The van der Waals surface area contributed by atoms with Crippen LogP contribution in [0.3, 0.4) is 0 Å². The van der Waals surface area contributed by atoms with Gasteiger partial charge in [0.05, 0.1) is 13.2 Å². The van der Waals surface area contributed by atoms with Crippen LogP contribution in [0.25, 0.3) is 0 Å². The summed E-state index contributed by atoms with van der Waals surface area (Å²) in [5.41, 5.74) is 1.79. The first kappa shape index (κ1) is 19.2. The number of nitrogens with one attached hydrogen (secondary N) is 1. The minimum Gasteiger partial charge on any atom is -0.379 e. The molecule has 1 amide bonds. The number of nitrogens with zero attached hydrogens (tertiary/aromatic N) is 4. The standard InChI is InChI=1S/C20H27N5O2S/c26-19(21-6-7-23-12-14-27-15-13-23)18-16-28-20(22-18)25-10-8-24(9-11-25)17-4-2-1-3-5-17/h1-5,16H,6-15H2,(H,21,26). The highest BCUT2D eigenvalue weighted by atomic mass is 32.1. The quantitative estimate of drug-likeness (QED) is 0.792. The number of ether oxygens (including phenoxy) is 1. The van der Waals surface area contributed by atoms with Crippen LogP contribution in [0.2, 0.25) is 0 Å². The number of carbonyl (C=O) groups excluding carboxylic acids is 1. The molecule has 1 N–H and O–H groups in total. The maximum atomic E-state index is 12.4. The molecule has 2 aromatic rings. The average Bonchev–Trinajstić information content (AvgIpc) is 3.26. The highest BCUT2D eigenvalue weighted by Crippen LogP contribution is 2.23. The van der Waals surface area contributed by atoms with E-state index in [9.17, 15) is 4.79 Å². The van der Waals surface area contributed by atoms with E-state index in [-0.39, 0.29) is 5.91 Å². The minimum atomic E-state index is -0.0846. The molecule has 0 bridgehead atoms. The van der Waals surface area contributed by atoms with Crippen molar-refractivity contribution in [1.82, 2.24) is 15.2 Å². The Balaban J connectivity index is 1.24. The Morgan fingerprint density at radius 3 is 2.50 bits per heavy atom. The van der Waals surface area contributed by atoms with E-state index in [1.54, 1.807) is 11.3 Å². The summed E-state index contributed by atoms with van der Waals surface area (Å²) in [5, 5.41) is 5.79. The number of aromatic nitrogens is 1. The van der Waals surface area contributed by atoms with Crippen LogP contribution in [0.15, 0.2) is 35.7 Å². The van der Waals surface area contributed by atoms with Crippen molar-refractivity contribution >= 4 is 28.1 Å². The van der Waals surface area contributed by atoms with E-state index in [2.05, 4.69) is 49.3 Å². The van der Waals surface area contributed by atoms with Gasteiger partial charge in [-0.15, -0.1) is 11.3 Å². The number of hydrogen-bond acceptors (Lipinski definition) is 7. The number of para-hydroxylation sites is 1. The number of carbonyl (C=O) groups is 1. The summed E-state index contributed by atoms with van der Waals surface area (Å²) < 4.78 is 5.34. The van der Waals surface area contributed by atoms with Crippen molar-refractivity contribution in [2.24, 2.45) is 0 Å². The predicted octanol–water partition coefficient (Wildman–Crippen LogP) is 1.53. The highest BCUT2D eigenvalue weighted by Gasteiger charge is 2.21. The van der Waals surface area contributed by atoms with Gasteiger partial charge in [-0.05, 0) is 12.1 Å². The van der Waals surface area contributed by atoms with Gasteiger partial charge < -0.3 is 19.9 Å². The van der Waals surface area contributed by atoms with Gasteiger partial charge in [-0.1, -0.05) is 18.2 Å². The van der Waals surface area contributed by atoms with Crippen molar-refractivity contribution in [1.29, 1.82) is 0 Å². The van der Waals surface area contributed by atoms with Gasteiger partial charge in [0.15, 0.2) is 5.13 Å². The predicted molar refractivity (Wildman–Crippen MR) is 113 cm³/mol. The van der Waals surface area contributed by atoms with Crippen LogP contribution >= 0.6 is 11.3 Å². The van der Waals surface area contributed by atoms with E-state index in [0.29, 0.717) is 12.2 Å². The summed E-state index contributed by atoms with van der Waals surface area (Å²) in [6.45, 7) is 8.69. The smallest absolute Gasteiger partial charge is 0.270 e. The molecule has 28 heavy (non-hydrogen) atoms. The fourth-order valence-electron chi connectivity index (χ4n) is 3.55. The number of amides is 1. The van der Waals surface area contributed by atoms with Gasteiger partial charge in [0.25, 0.3) is 5.91 Å². The molecule has 4 rings (SSSR count). The minimum absolute atomic E-state index is 0.0846. The zero-order chi connectivity index (χ0) is 19.2. The summed E-state index contributed by atoms with van der Waals surface area (Å²) in [7, 11) is 0. The summed E-state index contributed by atoms with van der Waals surface area (Å²) in [6, 6.07) is 10.5. The third-order valence-electron chi connectivity index (χ3n) is 5.21.